The minimum atomic E-state index is 0.370. The fourth-order valence-corrected chi connectivity index (χ4v) is 3.98. The summed E-state index contributed by atoms with van der Waals surface area (Å²) in [5, 5.41) is 3.69. The molecule has 2 unspecified atom stereocenters. The SMILES string of the molecule is CCOC1CC(NC(=NC)N(C)CCOCC2CC2)C12CCC2. The monoisotopic (exact) mass is 323 g/mol. The second kappa shape index (κ2) is 7.39. The fraction of sp³-hybridized carbons (Fsp3) is 0.944. The molecule has 132 valence electrons. The Labute approximate surface area is 140 Å². The van der Waals surface area contributed by atoms with Crippen LogP contribution in [0.3, 0.4) is 0 Å². The smallest absolute Gasteiger partial charge is 0.193 e. The van der Waals surface area contributed by atoms with Gasteiger partial charge in [0.15, 0.2) is 5.96 Å². The quantitative estimate of drug-likeness (QED) is 0.423. The van der Waals surface area contributed by atoms with Crippen molar-refractivity contribution in [3.8, 4) is 0 Å². The Kier molecular flexibility index (Phi) is 5.47. The minimum absolute atomic E-state index is 0.370. The van der Waals surface area contributed by atoms with E-state index in [1.165, 1.54) is 32.1 Å². The third-order valence-electron chi connectivity index (χ3n) is 5.94. The average Bonchev–Trinajstić information content (AvgIpc) is 3.29. The highest BCUT2D eigenvalue weighted by Gasteiger charge is 2.59. The number of guanidine groups is 1. The lowest BCUT2D eigenvalue weighted by Crippen LogP contribution is -2.68. The number of aliphatic imine (C=N–C) groups is 1. The van der Waals surface area contributed by atoms with Crippen molar-refractivity contribution in [1.29, 1.82) is 0 Å². The van der Waals surface area contributed by atoms with Crippen molar-refractivity contribution in [3.05, 3.63) is 0 Å². The molecule has 1 N–H and O–H groups in total. The van der Waals surface area contributed by atoms with Gasteiger partial charge in [0.25, 0.3) is 0 Å². The molecule has 0 radical (unpaired) electrons. The number of hydrogen-bond donors (Lipinski definition) is 1. The standard InChI is InChI=1S/C18H33N3O2/c1-4-23-16-12-15(18(16)8-5-9-18)20-17(19-2)21(3)10-11-22-13-14-6-7-14/h14-16H,4-13H2,1-3H3,(H,19,20). The first-order chi connectivity index (χ1) is 11.2. The van der Waals surface area contributed by atoms with Crippen LogP contribution in [0.4, 0.5) is 0 Å². The highest BCUT2D eigenvalue weighted by atomic mass is 16.5. The van der Waals surface area contributed by atoms with Crippen molar-refractivity contribution in [2.24, 2.45) is 16.3 Å². The van der Waals surface area contributed by atoms with Crippen LogP contribution >= 0.6 is 0 Å². The summed E-state index contributed by atoms with van der Waals surface area (Å²) < 4.78 is 11.7. The van der Waals surface area contributed by atoms with Gasteiger partial charge in [-0.2, -0.15) is 0 Å². The highest BCUT2D eigenvalue weighted by Crippen LogP contribution is 2.57. The number of ether oxygens (including phenoxy) is 2. The lowest BCUT2D eigenvalue weighted by Gasteiger charge is -2.61. The highest BCUT2D eigenvalue weighted by molar-refractivity contribution is 5.80. The molecule has 3 saturated carbocycles. The van der Waals surface area contributed by atoms with E-state index in [4.69, 9.17) is 9.47 Å². The van der Waals surface area contributed by atoms with E-state index in [1.807, 2.05) is 7.05 Å². The van der Waals surface area contributed by atoms with Gasteiger partial charge in [-0.3, -0.25) is 4.99 Å². The first-order valence-electron chi connectivity index (χ1n) is 9.33. The fourth-order valence-electron chi connectivity index (χ4n) is 3.98. The van der Waals surface area contributed by atoms with Crippen LogP contribution in [0.15, 0.2) is 4.99 Å². The van der Waals surface area contributed by atoms with Crippen molar-refractivity contribution in [2.75, 3.05) is 40.5 Å². The Balaban J connectivity index is 1.43. The summed E-state index contributed by atoms with van der Waals surface area (Å²) in [6.45, 7) is 5.53. The van der Waals surface area contributed by atoms with Crippen LogP contribution in [0.1, 0.15) is 45.4 Å². The number of rotatable bonds is 8. The molecular weight excluding hydrogens is 290 g/mol. The van der Waals surface area contributed by atoms with Crippen LogP contribution in [0.25, 0.3) is 0 Å². The molecule has 0 aromatic heterocycles. The molecule has 3 fully saturated rings. The third-order valence-corrected chi connectivity index (χ3v) is 5.94. The van der Waals surface area contributed by atoms with Gasteiger partial charge in [-0.05, 0) is 44.9 Å². The maximum Gasteiger partial charge on any atom is 0.193 e. The van der Waals surface area contributed by atoms with Gasteiger partial charge in [0, 0.05) is 45.3 Å². The summed E-state index contributed by atoms with van der Waals surface area (Å²) in [4.78, 5) is 6.65. The minimum Gasteiger partial charge on any atom is -0.379 e. The molecule has 3 rings (SSSR count). The van der Waals surface area contributed by atoms with Gasteiger partial charge < -0.3 is 19.7 Å². The number of hydrogen-bond acceptors (Lipinski definition) is 3. The Morgan fingerprint density at radius 2 is 2.13 bits per heavy atom. The van der Waals surface area contributed by atoms with Crippen molar-refractivity contribution >= 4 is 5.96 Å². The van der Waals surface area contributed by atoms with Crippen LogP contribution in [-0.2, 0) is 9.47 Å². The molecule has 0 amide bonds. The van der Waals surface area contributed by atoms with Crippen molar-refractivity contribution in [1.82, 2.24) is 10.2 Å². The Bertz CT molecular complexity index is 418. The first-order valence-corrected chi connectivity index (χ1v) is 9.33. The summed E-state index contributed by atoms with van der Waals surface area (Å²) >= 11 is 0. The average molecular weight is 323 g/mol. The van der Waals surface area contributed by atoms with E-state index in [0.29, 0.717) is 17.6 Å². The Hall–Kier alpha value is -0.810. The Morgan fingerprint density at radius 3 is 2.70 bits per heavy atom. The van der Waals surface area contributed by atoms with Gasteiger partial charge in [0.05, 0.1) is 12.7 Å². The van der Waals surface area contributed by atoms with Crippen LogP contribution in [0.2, 0.25) is 0 Å². The maximum absolute atomic E-state index is 5.94. The number of nitrogens with zero attached hydrogens (tertiary/aromatic N) is 2. The summed E-state index contributed by atoms with van der Waals surface area (Å²) in [6, 6.07) is 0.515. The molecule has 5 nitrogen and oxygen atoms in total. The molecular formula is C18H33N3O2. The molecule has 1 spiro atoms. The molecule has 5 heteroatoms. The molecule has 0 saturated heterocycles. The first kappa shape index (κ1) is 17.0. The van der Waals surface area contributed by atoms with Gasteiger partial charge in [-0.1, -0.05) is 6.42 Å². The van der Waals surface area contributed by atoms with Crippen LogP contribution in [-0.4, -0.2) is 63.5 Å². The topological polar surface area (TPSA) is 46.1 Å². The maximum atomic E-state index is 5.94. The van der Waals surface area contributed by atoms with E-state index >= 15 is 0 Å². The van der Waals surface area contributed by atoms with E-state index in [-0.39, 0.29) is 0 Å². The second-order valence-corrected chi connectivity index (χ2v) is 7.45. The predicted octanol–water partition coefficient (Wildman–Crippen LogP) is 2.27. The van der Waals surface area contributed by atoms with Crippen molar-refractivity contribution in [3.63, 3.8) is 0 Å². The van der Waals surface area contributed by atoms with Gasteiger partial charge >= 0.3 is 0 Å². The molecule has 3 aliphatic carbocycles. The lowest BCUT2D eigenvalue weighted by atomic mass is 9.51. The molecule has 3 aliphatic rings. The van der Waals surface area contributed by atoms with E-state index < -0.39 is 0 Å². The van der Waals surface area contributed by atoms with E-state index in [1.54, 1.807) is 0 Å². The zero-order valence-electron chi connectivity index (χ0n) is 15.0. The molecule has 0 heterocycles. The zero-order valence-corrected chi connectivity index (χ0v) is 15.0. The van der Waals surface area contributed by atoms with E-state index in [0.717, 1.165) is 44.7 Å². The van der Waals surface area contributed by atoms with Gasteiger partial charge in [0.1, 0.15) is 0 Å². The van der Waals surface area contributed by atoms with Crippen LogP contribution < -0.4 is 5.32 Å². The van der Waals surface area contributed by atoms with Crippen molar-refractivity contribution in [2.45, 2.75) is 57.6 Å². The zero-order chi connectivity index (χ0) is 16.3. The number of nitrogens with one attached hydrogen (secondary N) is 1. The van der Waals surface area contributed by atoms with E-state index in [2.05, 4.69) is 29.2 Å². The summed E-state index contributed by atoms with van der Waals surface area (Å²) in [7, 11) is 3.97. The molecule has 0 bridgehead atoms. The van der Waals surface area contributed by atoms with Crippen LogP contribution in [0, 0.1) is 11.3 Å². The normalized spacial score (nSPS) is 29.1. The summed E-state index contributed by atoms with van der Waals surface area (Å²) in [5.74, 6) is 1.83. The molecule has 0 aromatic rings. The molecule has 0 aliphatic heterocycles. The third kappa shape index (κ3) is 3.66. The Morgan fingerprint density at radius 1 is 1.35 bits per heavy atom. The predicted molar refractivity (Wildman–Crippen MR) is 92.8 cm³/mol. The summed E-state index contributed by atoms with van der Waals surface area (Å²) in [5.41, 5.74) is 0.370. The molecule has 23 heavy (non-hydrogen) atoms. The van der Waals surface area contributed by atoms with Crippen molar-refractivity contribution < 1.29 is 9.47 Å². The largest absolute Gasteiger partial charge is 0.379 e. The van der Waals surface area contributed by atoms with E-state index in [9.17, 15) is 0 Å². The summed E-state index contributed by atoms with van der Waals surface area (Å²) in [6.07, 6.45) is 8.18. The van der Waals surface area contributed by atoms with Crippen LogP contribution in [0.5, 0.6) is 0 Å². The van der Waals surface area contributed by atoms with Gasteiger partial charge in [-0.25, -0.2) is 0 Å². The number of likely N-dealkylation sites (N-methyl/N-ethyl adjacent to an activating group) is 1. The lowest BCUT2D eigenvalue weighted by molar-refractivity contribution is -0.168. The second-order valence-electron chi connectivity index (χ2n) is 7.45. The molecule has 0 aromatic carbocycles. The molecule has 2 atom stereocenters. The van der Waals surface area contributed by atoms with Gasteiger partial charge in [0.2, 0.25) is 0 Å². The van der Waals surface area contributed by atoms with Gasteiger partial charge in [-0.15, -0.1) is 0 Å².